The van der Waals surface area contributed by atoms with Gasteiger partial charge in [-0.3, -0.25) is 0 Å². The molecule has 26 rings (SSSR count). The Hall–Kier alpha value is -19.1. The molecule has 0 radical (unpaired) electrons. The lowest BCUT2D eigenvalue weighted by Crippen LogP contribution is -1.94. The van der Waals surface area contributed by atoms with Crippen LogP contribution >= 0.6 is 0 Å². The molecule has 0 unspecified atom stereocenters. The summed E-state index contributed by atoms with van der Waals surface area (Å²) in [7, 11) is 0. The smallest absolute Gasteiger partial charge is 0.0541 e. The van der Waals surface area contributed by atoms with E-state index in [4.69, 9.17) is 0 Å². The average Bonchev–Trinajstić information content (AvgIpc) is 1.58. The van der Waals surface area contributed by atoms with Gasteiger partial charge < -0.3 is 9.13 Å². The summed E-state index contributed by atoms with van der Waals surface area (Å²) >= 11 is 0. The van der Waals surface area contributed by atoms with Crippen LogP contribution in [0.5, 0.6) is 0 Å². The van der Waals surface area contributed by atoms with Crippen LogP contribution in [0.15, 0.2) is 595 Å². The number of benzene rings is 24. The molecule has 0 fully saturated rings. The van der Waals surface area contributed by atoms with Crippen molar-refractivity contribution >= 4 is 43.6 Å². The van der Waals surface area contributed by atoms with Gasteiger partial charge in [-0.25, -0.2) is 0 Å². The van der Waals surface area contributed by atoms with Crippen molar-refractivity contribution < 1.29 is 0 Å². The van der Waals surface area contributed by atoms with Gasteiger partial charge >= 0.3 is 0 Å². The number of hydrogen-bond acceptors (Lipinski definition) is 0. The Labute approximate surface area is 866 Å². The predicted molar refractivity (Wildman–Crippen MR) is 631 cm³/mol. The van der Waals surface area contributed by atoms with E-state index >= 15 is 0 Å². The van der Waals surface area contributed by atoms with Crippen molar-refractivity contribution in [2.45, 2.75) is 13.8 Å². The van der Waals surface area contributed by atoms with E-state index in [-0.39, 0.29) is 0 Å². The summed E-state index contributed by atoms with van der Waals surface area (Å²) in [5.74, 6) is 0. The van der Waals surface area contributed by atoms with E-state index in [0.717, 1.165) is 11.4 Å². The molecular weight excluding hydrogens is 1780 g/mol. The van der Waals surface area contributed by atoms with Crippen LogP contribution in [0.2, 0.25) is 0 Å². The third-order valence-corrected chi connectivity index (χ3v) is 29.0. The van der Waals surface area contributed by atoms with Crippen LogP contribution < -0.4 is 0 Å². The second-order valence-electron chi connectivity index (χ2n) is 37.8. The van der Waals surface area contributed by atoms with Crippen molar-refractivity contribution in [3.05, 3.63) is 595 Å². The van der Waals surface area contributed by atoms with Gasteiger partial charge in [0.2, 0.25) is 0 Å². The maximum atomic E-state index is 2.43. The van der Waals surface area contributed by atoms with Gasteiger partial charge in [-0.2, -0.15) is 0 Å². The number of fused-ring (bicyclic) bond motifs is 6. The molecule has 2 heterocycles. The Morgan fingerprint density at radius 2 is 0.189 bits per heavy atom. The molecule has 0 amide bonds. The van der Waals surface area contributed by atoms with E-state index in [1.54, 1.807) is 0 Å². The molecule has 0 aliphatic carbocycles. The predicted octanol–water partition coefficient (Wildman–Crippen LogP) is 40.6. The van der Waals surface area contributed by atoms with Crippen LogP contribution in [-0.4, -0.2) is 9.13 Å². The largest absolute Gasteiger partial charge is 0.309 e. The summed E-state index contributed by atoms with van der Waals surface area (Å²) < 4.78 is 4.85. The van der Waals surface area contributed by atoms with Crippen LogP contribution in [0, 0.1) is 0 Å². The molecule has 0 spiro atoms. The molecule has 0 aliphatic rings. The first-order valence-electron chi connectivity index (χ1n) is 51.3. The number of aromatic nitrogens is 2. The standard InChI is InChI=1S/2C72H49N.C2H6/c1-4-13-50(14-5-1)60-19-10-22-63(45-60)55-27-25-53(26-28-55)54-37-41-68(42-38-54)73-71-43-39-66(58-33-29-56(30-34-58)64-23-11-20-61(46-64)51-15-6-2-7-16-51)48-69(71)70-49-67(40-44-72(70)73)59-35-31-57(32-36-59)65-24-12-21-62(47-65)52-17-8-3-9-18-52;1-4-10-50(11-5-1)53-16-22-56(23-17-53)59-28-30-62(31-29-59)63-40-44-68(45-41-63)73-71-46-42-66(64-36-32-60(33-37-64)57-24-18-54(19-25-57)51-12-6-2-7-13-51)48-69(71)70-49-67(43-47-72(70)73)65-38-34-61(35-39-65)58-26-20-55(21-27-58)52-14-8-3-9-15-52;1-2/h2*1-49H;1-2H3. The molecule has 0 saturated carbocycles. The van der Waals surface area contributed by atoms with Crippen LogP contribution in [0.1, 0.15) is 13.8 Å². The lowest BCUT2D eigenvalue weighted by atomic mass is 9.96. The minimum Gasteiger partial charge on any atom is -0.309 e. The lowest BCUT2D eigenvalue weighted by Gasteiger charge is -2.11. The van der Waals surface area contributed by atoms with Crippen molar-refractivity contribution in [3.63, 3.8) is 0 Å². The number of hydrogen-bond donors (Lipinski definition) is 0. The first-order chi connectivity index (χ1) is 73.3. The second kappa shape index (κ2) is 41.4. The highest BCUT2D eigenvalue weighted by Crippen LogP contribution is 2.45. The summed E-state index contributed by atoms with van der Waals surface area (Å²) in [5, 5.41) is 4.89. The Bertz CT molecular complexity index is 8770. The van der Waals surface area contributed by atoms with Crippen molar-refractivity contribution in [1.29, 1.82) is 0 Å². The summed E-state index contributed by atoms with van der Waals surface area (Å²) in [4.78, 5) is 0. The molecule has 0 N–H and O–H groups in total. The van der Waals surface area contributed by atoms with Crippen molar-refractivity contribution in [2.75, 3.05) is 0 Å². The fourth-order valence-corrected chi connectivity index (χ4v) is 21.0. The zero-order valence-corrected chi connectivity index (χ0v) is 82.5. The normalized spacial score (nSPS) is 11.2. The summed E-state index contributed by atoms with van der Waals surface area (Å²) in [6, 6.07) is 217. The zero-order valence-electron chi connectivity index (χ0n) is 82.5. The molecule has 2 aromatic heterocycles. The Balaban J connectivity index is 0.000000156. The SMILES string of the molecule is CC.c1ccc(-c2ccc(-c3ccc(-c4ccc(-n5c6ccc(-c7ccc(-c8ccc(-c9ccccc9)cc8)cc7)cc6c6cc(-c7ccc(-c8ccc(-c9ccccc9)cc8)cc7)ccc65)cc4)cc3)cc2)cc1.c1ccc(-c2cccc(-c3ccc(-c4ccc(-n5c6ccc(-c7ccc(-c8cccc(-c9ccccc9)c8)cc7)cc6c6cc(-c7ccc(-c8cccc(-c9ccccc9)c8)cc7)ccc65)cc4)cc3)c2)cc1. The lowest BCUT2D eigenvalue weighted by molar-refractivity contribution is 1.18. The Kier molecular flexibility index (Phi) is 25.6. The van der Waals surface area contributed by atoms with E-state index < -0.39 is 0 Å². The van der Waals surface area contributed by atoms with Gasteiger partial charge in [0.05, 0.1) is 22.1 Å². The first kappa shape index (κ1) is 91.4. The fourth-order valence-electron chi connectivity index (χ4n) is 21.0. The molecule has 2 heteroatoms. The van der Waals surface area contributed by atoms with E-state index in [1.165, 1.54) is 244 Å². The minimum absolute atomic E-state index is 1.13. The van der Waals surface area contributed by atoms with Gasteiger partial charge in [-0.1, -0.05) is 517 Å². The molecule has 0 bridgehead atoms. The molecule has 0 saturated heterocycles. The Morgan fingerprint density at radius 1 is 0.0878 bits per heavy atom. The molecule has 698 valence electrons. The number of nitrogens with zero attached hydrogens (tertiary/aromatic N) is 2. The molecule has 148 heavy (non-hydrogen) atoms. The van der Waals surface area contributed by atoms with Gasteiger partial charge in [-0.15, -0.1) is 0 Å². The van der Waals surface area contributed by atoms with E-state index in [9.17, 15) is 0 Å². The topological polar surface area (TPSA) is 9.86 Å². The molecule has 26 aromatic rings. The average molecular weight is 1890 g/mol. The first-order valence-corrected chi connectivity index (χ1v) is 51.3. The quantitative estimate of drug-likeness (QED) is 0.0720. The molecule has 2 nitrogen and oxygen atoms in total. The monoisotopic (exact) mass is 1880 g/mol. The van der Waals surface area contributed by atoms with E-state index in [0.29, 0.717) is 0 Å². The maximum Gasteiger partial charge on any atom is 0.0541 e. The highest BCUT2D eigenvalue weighted by Gasteiger charge is 2.21. The second-order valence-corrected chi connectivity index (χ2v) is 37.8. The summed E-state index contributed by atoms with van der Waals surface area (Å²) in [6.07, 6.45) is 0. The highest BCUT2D eigenvalue weighted by atomic mass is 15.0. The van der Waals surface area contributed by atoms with Gasteiger partial charge in [0.25, 0.3) is 0 Å². The Morgan fingerprint density at radius 3 is 0.338 bits per heavy atom. The van der Waals surface area contributed by atoms with Crippen LogP contribution in [0.4, 0.5) is 0 Å². The van der Waals surface area contributed by atoms with Crippen LogP contribution in [0.3, 0.4) is 0 Å². The van der Waals surface area contributed by atoms with Crippen molar-refractivity contribution in [2.24, 2.45) is 0 Å². The third-order valence-electron chi connectivity index (χ3n) is 29.0. The zero-order chi connectivity index (χ0) is 99.0. The van der Waals surface area contributed by atoms with E-state index in [1.807, 2.05) is 13.8 Å². The van der Waals surface area contributed by atoms with Crippen molar-refractivity contribution in [1.82, 2.24) is 9.13 Å². The molecule has 0 aliphatic heterocycles. The third kappa shape index (κ3) is 19.0. The molecule has 24 aromatic carbocycles. The van der Waals surface area contributed by atoms with Gasteiger partial charge in [-0.05, 0) is 291 Å². The van der Waals surface area contributed by atoms with Gasteiger partial charge in [0, 0.05) is 32.9 Å². The van der Waals surface area contributed by atoms with Gasteiger partial charge in [0.1, 0.15) is 0 Å². The van der Waals surface area contributed by atoms with Gasteiger partial charge in [0.15, 0.2) is 0 Å². The maximum absolute atomic E-state index is 2.43. The minimum atomic E-state index is 1.13. The fraction of sp³-hybridized carbons (Fsp3) is 0.0137. The highest BCUT2D eigenvalue weighted by molar-refractivity contribution is 6.13. The molecule has 0 atom stereocenters. The van der Waals surface area contributed by atoms with Crippen molar-refractivity contribution in [3.8, 4) is 212 Å². The van der Waals surface area contributed by atoms with Crippen LogP contribution in [-0.2, 0) is 0 Å². The molecular formula is C146H104N2. The summed E-state index contributed by atoms with van der Waals surface area (Å²) in [6.45, 7) is 4.00. The summed E-state index contributed by atoms with van der Waals surface area (Å²) in [5.41, 5.74) is 50.4. The van der Waals surface area contributed by atoms with E-state index in [2.05, 4.69) is 604 Å². The number of rotatable bonds is 20. The van der Waals surface area contributed by atoms with Crippen LogP contribution in [0.25, 0.3) is 255 Å².